The quantitative estimate of drug-likeness (QED) is 0.739. The average Bonchev–Trinajstić information content (AvgIpc) is 3.07. The van der Waals surface area contributed by atoms with Crippen molar-refractivity contribution in [3.63, 3.8) is 0 Å². The van der Waals surface area contributed by atoms with E-state index >= 15 is 0 Å². The maximum absolute atomic E-state index is 13.2. The van der Waals surface area contributed by atoms with Gasteiger partial charge in [0.05, 0.1) is 48.8 Å². The van der Waals surface area contributed by atoms with E-state index in [1.165, 1.54) is 11.8 Å². The highest BCUT2D eigenvalue weighted by molar-refractivity contribution is 8.14. The predicted octanol–water partition coefficient (Wildman–Crippen LogP) is 4.22. The normalized spacial score (nSPS) is 22.5. The fourth-order valence-corrected chi connectivity index (χ4v) is 5.57. The van der Waals surface area contributed by atoms with Crippen LogP contribution in [0.1, 0.15) is 56.0 Å². The van der Waals surface area contributed by atoms with Crippen molar-refractivity contribution in [2.24, 2.45) is 4.99 Å². The Hall–Kier alpha value is -2.39. The minimum atomic E-state index is -0.278. The van der Waals surface area contributed by atoms with E-state index in [1.54, 1.807) is 21.3 Å². The van der Waals surface area contributed by atoms with E-state index in [0.717, 1.165) is 23.4 Å². The number of nitrogens with zero attached hydrogens (tertiary/aromatic N) is 2. The van der Waals surface area contributed by atoms with E-state index in [-0.39, 0.29) is 22.5 Å². The Labute approximate surface area is 185 Å². The molecule has 9 heteroatoms. The molecule has 0 spiro atoms. The molecule has 1 N–H and O–H groups in total. The number of methoxy groups -OCH3 is 3. The van der Waals surface area contributed by atoms with Crippen molar-refractivity contribution in [2.45, 2.75) is 50.5 Å². The van der Waals surface area contributed by atoms with Crippen LogP contribution in [0.15, 0.2) is 21.9 Å². The Morgan fingerprint density at radius 3 is 2.58 bits per heavy atom. The molecule has 168 valence electrons. The standard InChI is InChI=1S/C22H29N3O5S/c1-12-23-20-16(21(26)24-25(20)13-9-10-30-22(2,3)11-13)19(31-12)14-7-8-15(27-4)18(29-6)17(14)28-5/h7-8,13,19H,9-11H2,1-6H3,(H,24,26)/t13-,19-/m0/s1. The average molecular weight is 448 g/mol. The molecule has 31 heavy (non-hydrogen) atoms. The van der Waals surface area contributed by atoms with Crippen molar-refractivity contribution < 1.29 is 18.9 Å². The Balaban J connectivity index is 1.85. The van der Waals surface area contributed by atoms with Gasteiger partial charge in [0.2, 0.25) is 5.75 Å². The number of hydrogen-bond acceptors (Lipinski definition) is 7. The van der Waals surface area contributed by atoms with E-state index < -0.39 is 0 Å². The number of aliphatic imine (C=N–C) groups is 1. The molecule has 2 aliphatic heterocycles. The van der Waals surface area contributed by atoms with Crippen LogP contribution in [0.4, 0.5) is 5.82 Å². The van der Waals surface area contributed by atoms with Gasteiger partial charge in [-0.1, -0.05) is 11.8 Å². The smallest absolute Gasteiger partial charge is 0.271 e. The van der Waals surface area contributed by atoms with E-state index in [0.29, 0.717) is 35.2 Å². The molecule has 2 aliphatic rings. The third-order valence-electron chi connectivity index (χ3n) is 5.80. The summed E-state index contributed by atoms with van der Waals surface area (Å²) in [7, 11) is 4.75. The molecule has 0 radical (unpaired) electrons. The number of ether oxygens (including phenoxy) is 4. The minimum Gasteiger partial charge on any atom is -0.493 e. The number of rotatable bonds is 5. The summed E-state index contributed by atoms with van der Waals surface area (Å²) in [6, 6.07) is 3.88. The number of benzene rings is 1. The second kappa shape index (κ2) is 8.27. The van der Waals surface area contributed by atoms with Crippen LogP contribution in [0.25, 0.3) is 0 Å². The van der Waals surface area contributed by atoms with Crippen LogP contribution in [0, 0.1) is 0 Å². The molecule has 1 aromatic heterocycles. The van der Waals surface area contributed by atoms with Crippen molar-refractivity contribution >= 4 is 22.6 Å². The summed E-state index contributed by atoms with van der Waals surface area (Å²) in [5.41, 5.74) is 1.09. The summed E-state index contributed by atoms with van der Waals surface area (Å²) < 4.78 is 24.5. The van der Waals surface area contributed by atoms with E-state index in [4.69, 9.17) is 23.9 Å². The number of nitrogens with one attached hydrogen (secondary N) is 1. The third kappa shape index (κ3) is 3.85. The monoisotopic (exact) mass is 447 g/mol. The summed E-state index contributed by atoms with van der Waals surface area (Å²) >= 11 is 1.53. The fourth-order valence-electron chi connectivity index (χ4n) is 4.44. The maximum Gasteiger partial charge on any atom is 0.271 e. The van der Waals surface area contributed by atoms with Gasteiger partial charge in [-0.3, -0.25) is 14.6 Å². The fraction of sp³-hybridized carbons (Fsp3) is 0.545. The van der Waals surface area contributed by atoms with Crippen LogP contribution < -0.4 is 19.8 Å². The Morgan fingerprint density at radius 1 is 1.19 bits per heavy atom. The predicted molar refractivity (Wildman–Crippen MR) is 122 cm³/mol. The number of hydrogen-bond donors (Lipinski definition) is 1. The largest absolute Gasteiger partial charge is 0.493 e. The Morgan fingerprint density at radius 2 is 1.94 bits per heavy atom. The van der Waals surface area contributed by atoms with Gasteiger partial charge in [-0.25, -0.2) is 4.99 Å². The minimum absolute atomic E-state index is 0.118. The lowest BCUT2D eigenvalue weighted by Gasteiger charge is -2.36. The van der Waals surface area contributed by atoms with E-state index in [1.807, 2.05) is 23.7 Å². The van der Waals surface area contributed by atoms with Gasteiger partial charge in [-0.15, -0.1) is 0 Å². The van der Waals surface area contributed by atoms with Gasteiger partial charge in [-0.05, 0) is 45.7 Å². The van der Waals surface area contributed by atoms with Crippen LogP contribution in [0.3, 0.4) is 0 Å². The number of fused-ring (bicyclic) bond motifs is 1. The molecule has 1 saturated heterocycles. The number of aromatic amines is 1. The van der Waals surface area contributed by atoms with Gasteiger partial charge in [0, 0.05) is 12.2 Å². The first-order chi connectivity index (χ1) is 14.8. The lowest BCUT2D eigenvalue weighted by atomic mass is 9.94. The van der Waals surface area contributed by atoms with Crippen molar-refractivity contribution in [3.8, 4) is 17.2 Å². The highest BCUT2D eigenvalue weighted by Crippen LogP contribution is 2.51. The highest BCUT2D eigenvalue weighted by Gasteiger charge is 2.37. The topological polar surface area (TPSA) is 87.1 Å². The van der Waals surface area contributed by atoms with Crippen LogP contribution in [-0.2, 0) is 4.74 Å². The van der Waals surface area contributed by atoms with Crippen LogP contribution in [-0.4, -0.2) is 48.4 Å². The van der Waals surface area contributed by atoms with Crippen LogP contribution in [0.2, 0.25) is 0 Å². The highest BCUT2D eigenvalue weighted by atomic mass is 32.2. The zero-order valence-corrected chi connectivity index (χ0v) is 19.6. The lowest BCUT2D eigenvalue weighted by molar-refractivity contribution is -0.0705. The van der Waals surface area contributed by atoms with E-state index in [2.05, 4.69) is 18.9 Å². The zero-order valence-electron chi connectivity index (χ0n) is 18.8. The van der Waals surface area contributed by atoms with E-state index in [9.17, 15) is 4.79 Å². The second-order valence-electron chi connectivity index (χ2n) is 8.36. The lowest BCUT2D eigenvalue weighted by Crippen LogP contribution is -2.35. The first-order valence-electron chi connectivity index (χ1n) is 10.3. The molecule has 0 amide bonds. The van der Waals surface area contributed by atoms with Crippen LogP contribution >= 0.6 is 11.8 Å². The molecule has 1 fully saturated rings. The SMILES string of the molecule is COc1ccc([C@@H]2SC(C)=Nc3c2c(=O)[nH]n3[C@H]2CCOC(C)(C)C2)c(OC)c1OC. The number of thioether (sulfide) groups is 1. The first kappa shape index (κ1) is 21.8. The Bertz CT molecular complexity index is 1070. The van der Waals surface area contributed by atoms with Crippen molar-refractivity contribution in [3.05, 3.63) is 33.6 Å². The van der Waals surface area contributed by atoms with Crippen molar-refractivity contribution in [1.82, 2.24) is 9.78 Å². The molecule has 1 aromatic carbocycles. The molecule has 8 nitrogen and oxygen atoms in total. The summed E-state index contributed by atoms with van der Waals surface area (Å²) in [5, 5.41) is 3.67. The molecular formula is C22H29N3O5S. The molecule has 0 saturated carbocycles. The molecule has 0 unspecified atom stereocenters. The van der Waals surface area contributed by atoms with Gasteiger partial charge >= 0.3 is 0 Å². The molecular weight excluding hydrogens is 418 g/mol. The summed E-state index contributed by atoms with van der Waals surface area (Å²) in [4.78, 5) is 17.9. The molecule has 0 aliphatic carbocycles. The molecule has 0 bridgehead atoms. The van der Waals surface area contributed by atoms with Crippen molar-refractivity contribution in [1.29, 1.82) is 0 Å². The maximum atomic E-state index is 13.2. The molecule has 3 heterocycles. The Kier molecular flexibility index (Phi) is 5.83. The molecule has 2 atom stereocenters. The number of H-pyrrole nitrogens is 1. The molecule has 4 rings (SSSR count). The van der Waals surface area contributed by atoms with Gasteiger partial charge in [0.1, 0.15) is 0 Å². The van der Waals surface area contributed by atoms with Crippen molar-refractivity contribution in [2.75, 3.05) is 27.9 Å². The summed E-state index contributed by atoms with van der Waals surface area (Å²) in [5.74, 6) is 2.32. The summed E-state index contributed by atoms with van der Waals surface area (Å²) in [6.07, 6.45) is 1.63. The van der Waals surface area contributed by atoms with Gasteiger partial charge in [0.25, 0.3) is 5.56 Å². The van der Waals surface area contributed by atoms with Crippen LogP contribution in [0.5, 0.6) is 17.2 Å². The zero-order chi connectivity index (χ0) is 22.3. The summed E-state index contributed by atoms with van der Waals surface area (Å²) in [6.45, 7) is 6.77. The first-order valence-corrected chi connectivity index (χ1v) is 11.2. The van der Waals surface area contributed by atoms with Gasteiger partial charge in [-0.2, -0.15) is 0 Å². The third-order valence-corrected chi connectivity index (χ3v) is 6.96. The van der Waals surface area contributed by atoms with Gasteiger partial charge < -0.3 is 18.9 Å². The van der Waals surface area contributed by atoms with Gasteiger partial charge in [0.15, 0.2) is 17.3 Å². The second-order valence-corrected chi connectivity index (χ2v) is 9.65. The molecule has 2 aromatic rings. The number of aromatic nitrogens is 2.